The summed E-state index contributed by atoms with van der Waals surface area (Å²) in [7, 11) is -8.32. The van der Waals surface area contributed by atoms with Crippen LogP contribution in [-0.4, -0.2) is 77.3 Å². The number of nitrogens with zero attached hydrogens (tertiary/aromatic N) is 3. The molecule has 0 amide bonds. The molecule has 2 aromatic heterocycles. The number of pyridine rings is 1. The van der Waals surface area contributed by atoms with Gasteiger partial charge in [0.2, 0.25) is 0 Å². The van der Waals surface area contributed by atoms with Gasteiger partial charge in [-0.3, -0.25) is 13.7 Å². The van der Waals surface area contributed by atoms with E-state index in [1.54, 1.807) is 6.07 Å². The molecular formula is C17H27ClN4O9P2. The molecule has 1 aliphatic carbocycles. The largest absolute Gasteiger partial charge is 0.386 e. The third-order valence-electron chi connectivity index (χ3n) is 5.29. The molecule has 1 fully saturated rings. The Balaban J connectivity index is 1.77. The fourth-order valence-electron chi connectivity index (χ4n) is 3.70. The van der Waals surface area contributed by atoms with Crippen molar-refractivity contribution >= 4 is 43.6 Å². The Hall–Kier alpha value is -1.11. The number of ether oxygens (including phenoxy) is 1. The first-order valence-electron chi connectivity index (χ1n) is 10.1. The molecule has 0 spiro atoms. The minimum absolute atomic E-state index is 0.150. The van der Waals surface area contributed by atoms with Gasteiger partial charge in [-0.25, -0.2) is 9.97 Å². The molecule has 2 heterocycles. The van der Waals surface area contributed by atoms with Crippen molar-refractivity contribution < 1.29 is 43.3 Å². The summed E-state index contributed by atoms with van der Waals surface area (Å²) in [5.74, 6) is -1.39. The molecular weight excluding hydrogens is 502 g/mol. The third kappa shape index (κ3) is 6.95. The first kappa shape index (κ1) is 26.5. The van der Waals surface area contributed by atoms with Crippen LogP contribution in [-0.2, 0) is 18.4 Å². The van der Waals surface area contributed by atoms with Crippen molar-refractivity contribution in [2.75, 3.05) is 24.9 Å². The number of halogens is 1. The van der Waals surface area contributed by atoms with E-state index in [2.05, 4.69) is 15.3 Å². The Morgan fingerprint density at radius 2 is 1.94 bits per heavy atom. The van der Waals surface area contributed by atoms with Crippen LogP contribution >= 0.6 is 26.8 Å². The van der Waals surface area contributed by atoms with Crippen molar-refractivity contribution in [3.05, 3.63) is 17.5 Å². The molecule has 1 aliphatic rings. The molecule has 16 heteroatoms. The van der Waals surface area contributed by atoms with Crippen LogP contribution < -0.4 is 5.32 Å². The lowest BCUT2D eigenvalue weighted by molar-refractivity contribution is -0.113. The second kappa shape index (κ2) is 10.7. The highest BCUT2D eigenvalue weighted by atomic mass is 35.5. The van der Waals surface area contributed by atoms with Crippen molar-refractivity contribution in [2.45, 2.75) is 50.2 Å². The van der Waals surface area contributed by atoms with Gasteiger partial charge in [0.25, 0.3) is 0 Å². The van der Waals surface area contributed by atoms with E-state index in [1.165, 1.54) is 18.0 Å². The number of aliphatic hydroxyl groups excluding tert-OH is 2. The number of hydrogen-bond donors (Lipinski definition) is 6. The quantitative estimate of drug-likeness (QED) is 0.182. The standard InChI is InChI=1S/C17H27ClN4O9P2/c1-30-12(7-31-33(28,29)9-32(25,26)27)15(23)17(24)22-8-19-14-11(6-13(18)21-16(14)22)20-10-4-2-3-5-10/h6,8,10,12,15,17,23-24H,2-5,7,9H2,1H3,(H,20,21)(H,28,29)(H2,25,26,27)/t12-,15-,17-/m1/s1. The highest BCUT2D eigenvalue weighted by molar-refractivity contribution is 7.70. The van der Waals surface area contributed by atoms with Gasteiger partial charge in [0, 0.05) is 19.2 Å². The molecule has 0 aliphatic heterocycles. The Morgan fingerprint density at radius 3 is 2.55 bits per heavy atom. The van der Waals surface area contributed by atoms with E-state index in [0.29, 0.717) is 11.2 Å². The monoisotopic (exact) mass is 528 g/mol. The number of anilines is 1. The Kier molecular flexibility index (Phi) is 8.56. The van der Waals surface area contributed by atoms with Crippen LogP contribution in [0, 0.1) is 0 Å². The number of aliphatic hydroxyl groups is 2. The average molecular weight is 529 g/mol. The van der Waals surface area contributed by atoms with Crippen LogP contribution in [0.5, 0.6) is 0 Å². The van der Waals surface area contributed by atoms with Crippen LogP contribution in [0.25, 0.3) is 11.2 Å². The lowest BCUT2D eigenvalue weighted by Gasteiger charge is -2.27. The summed E-state index contributed by atoms with van der Waals surface area (Å²) in [6.45, 7) is -0.724. The molecule has 186 valence electrons. The zero-order valence-electron chi connectivity index (χ0n) is 17.7. The minimum Gasteiger partial charge on any atom is -0.386 e. The second-order valence-corrected chi connectivity index (χ2v) is 12.2. The van der Waals surface area contributed by atoms with E-state index >= 15 is 0 Å². The maximum Gasteiger partial charge on any atom is 0.340 e. The van der Waals surface area contributed by atoms with Crippen molar-refractivity contribution in [2.24, 2.45) is 0 Å². The summed E-state index contributed by atoms with van der Waals surface area (Å²) >= 11 is 6.16. The number of rotatable bonds is 11. The van der Waals surface area contributed by atoms with Gasteiger partial charge in [-0.15, -0.1) is 0 Å². The lowest BCUT2D eigenvalue weighted by Crippen LogP contribution is -2.39. The molecule has 0 radical (unpaired) electrons. The van der Waals surface area contributed by atoms with Crippen LogP contribution in [0.4, 0.5) is 5.69 Å². The van der Waals surface area contributed by atoms with E-state index in [4.69, 9.17) is 30.6 Å². The Bertz CT molecular complexity index is 1060. The summed E-state index contributed by atoms with van der Waals surface area (Å²) in [5.41, 5.74) is 1.27. The number of imidazole rings is 1. The average Bonchev–Trinajstić information content (AvgIpc) is 3.35. The maximum absolute atomic E-state index is 11.9. The lowest BCUT2D eigenvalue weighted by atomic mass is 10.2. The normalized spacial score (nSPS) is 20.0. The fraction of sp³-hybridized carbons (Fsp3) is 0.647. The molecule has 0 aromatic carbocycles. The van der Waals surface area contributed by atoms with E-state index in [0.717, 1.165) is 25.7 Å². The van der Waals surface area contributed by atoms with E-state index < -0.39 is 46.1 Å². The Morgan fingerprint density at radius 1 is 1.27 bits per heavy atom. The zero-order valence-corrected chi connectivity index (χ0v) is 20.2. The molecule has 4 atom stereocenters. The molecule has 0 saturated heterocycles. The molecule has 1 saturated carbocycles. The first-order chi connectivity index (χ1) is 15.4. The van der Waals surface area contributed by atoms with E-state index in [9.17, 15) is 24.2 Å². The summed E-state index contributed by atoms with van der Waals surface area (Å²) in [4.78, 5) is 35.8. The number of methoxy groups -OCH3 is 1. The smallest absolute Gasteiger partial charge is 0.340 e. The molecule has 3 rings (SSSR count). The minimum atomic E-state index is -4.82. The molecule has 2 aromatic rings. The highest BCUT2D eigenvalue weighted by Crippen LogP contribution is 2.55. The topological polar surface area (TPSA) is 196 Å². The number of nitrogens with one attached hydrogen (secondary N) is 1. The van der Waals surface area contributed by atoms with Crippen molar-refractivity contribution in [3.8, 4) is 0 Å². The summed E-state index contributed by atoms with van der Waals surface area (Å²) in [6, 6.07) is 1.90. The number of fused-ring (bicyclic) bond motifs is 1. The highest BCUT2D eigenvalue weighted by Gasteiger charge is 2.35. The van der Waals surface area contributed by atoms with Crippen molar-refractivity contribution in [1.82, 2.24) is 14.5 Å². The molecule has 13 nitrogen and oxygen atoms in total. The SMILES string of the molecule is CO[C@H](COP(=O)(O)CP(=O)(O)O)[C@@H](O)[C@@H](O)n1cnc2c(NC3CCCC3)cc(Cl)nc21. The van der Waals surface area contributed by atoms with Crippen LogP contribution in [0.3, 0.4) is 0 Å². The van der Waals surface area contributed by atoms with Gasteiger partial charge in [0.1, 0.15) is 22.9 Å². The van der Waals surface area contributed by atoms with Crippen molar-refractivity contribution in [3.63, 3.8) is 0 Å². The van der Waals surface area contributed by atoms with Crippen LogP contribution in [0.15, 0.2) is 12.4 Å². The van der Waals surface area contributed by atoms with Crippen LogP contribution in [0.2, 0.25) is 5.15 Å². The zero-order chi connectivity index (χ0) is 24.4. The predicted molar refractivity (Wildman–Crippen MR) is 119 cm³/mol. The summed E-state index contributed by atoms with van der Waals surface area (Å²) in [5, 5.41) is 24.9. The van der Waals surface area contributed by atoms with Gasteiger partial charge in [-0.05, 0) is 12.8 Å². The van der Waals surface area contributed by atoms with Gasteiger partial charge in [0.05, 0.1) is 18.6 Å². The van der Waals surface area contributed by atoms with Gasteiger partial charge >= 0.3 is 15.2 Å². The third-order valence-corrected chi connectivity index (χ3v) is 8.94. The Labute approximate surface area is 194 Å². The van der Waals surface area contributed by atoms with Gasteiger partial charge in [-0.1, -0.05) is 24.4 Å². The molecule has 33 heavy (non-hydrogen) atoms. The second-order valence-electron chi connectivity index (χ2n) is 7.86. The maximum atomic E-state index is 11.9. The van der Waals surface area contributed by atoms with Gasteiger partial charge in [0.15, 0.2) is 17.8 Å². The van der Waals surface area contributed by atoms with Crippen LogP contribution in [0.1, 0.15) is 31.9 Å². The fourth-order valence-corrected chi connectivity index (χ4v) is 6.45. The molecule has 1 unspecified atom stereocenters. The van der Waals surface area contributed by atoms with Gasteiger partial charge in [-0.2, -0.15) is 0 Å². The first-order valence-corrected chi connectivity index (χ1v) is 14.0. The summed E-state index contributed by atoms with van der Waals surface area (Å²) in [6.07, 6.45) is 0.849. The van der Waals surface area contributed by atoms with Crippen molar-refractivity contribution in [1.29, 1.82) is 0 Å². The van der Waals surface area contributed by atoms with Gasteiger partial charge < -0.3 is 39.5 Å². The summed E-state index contributed by atoms with van der Waals surface area (Å²) < 4.78 is 33.8. The number of hydrogen-bond acceptors (Lipinski definition) is 9. The van der Waals surface area contributed by atoms with E-state index in [-0.39, 0.29) is 16.8 Å². The molecule has 6 N–H and O–H groups in total. The number of aromatic nitrogens is 3. The molecule has 0 bridgehead atoms. The van der Waals surface area contributed by atoms with E-state index in [1.807, 2.05) is 0 Å². The predicted octanol–water partition coefficient (Wildman–Crippen LogP) is 1.64.